The average molecular weight is 577 g/mol. The van der Waals surface area contributed by atoms with Gasteiger partial charge >= 0.3 is 5.97 Å². The molecule has 0 aliphatic heterocycles. The van der Waals surface area contributed by atoms with Crippen molar-refractivity contribution in [2.24, 2.45) is 0 Å². The van der Waals surface area contributed by atoms with E-state index in [2.05, 4.69) is 29.6 Å². The van der Waals surface area contributed by atoms with Crippen molar-refractivity contribution in [1.82, 2.24) is 5.32 Å². The summed E-state index contributed by atoms with van der Waals surface area (Å²) >= 11 is 12.6. The molecule has 40 heavy (non-hydrogen) atoms. The first-order chi connectivity index (χ1) is 19.4. The monoisotopic (exact) mass is 575 g/mol. The van der Waals surface area contributed by atoms with E-state index in [1.807, 2.05) is 18.2 Å². The molecule has 0 aromatic heterocycles. The number of carboxylic acids is 1. The van der Waals surface area contributed by atoms with Gasteiger partial charge in [0.2, 0.25) is 0 Å². The maximum absolute atomic E-state index is 13.3. The fourth-order valence-corrected chi connectivity index (χ4v) is 4.93. The van der Waals surface area contributed by atoms with Crippen LogP contribution in [0.5, 0.6) is 5.75 Å². The number of aliphatic carboxylic acids is 1. The van der Waals surface area contributed by atoms with Gasteiger partial charge in [-0.3, -0.25) is 4.79 Å². The Bertz CT molecular complexity index is 1390. The summed E-state index contributed by atoms with van der Waals surface area (Å²) in [6, 6.07) is 28.1. The SMILES string of the molecule is O=C(O)COc1c(-c2cccc(Cl)c2)cc(C(=O)NCCCCCCc2ccccc2)cc1-c1cccc(Cl)c1. The van der Waals surface area contributed by atoms with Gasteiger partial charge in [0.25, 0.3) is 5.91 Å². The molecule has 4 aromatic rings. The zero-order valence-corrected chi connectivity index (χ0v) is 23.5. The van der Waals surface area contributed by atoms with Gasteiger partial charge in [-0.1, -0.05) is 90.6 Å². The molecule has 0 saturated carbocycles. The quantitative estimate of drug-likeness (QED) is 0.157. The number of carbonyl (C=O) groups excluding carboxylic acids is 1. The number of halogens is 2. The van der Waals surface area contributed by atoms with E-state index in [1.54, 1.807) is 48.5 Å². The van der Waals surface area contributed by atoms with Gasteiger partial charge in [0.15, 0.2) is 6.61 Å². The molecule has 0 spiro atoms. The van der Waals surface area contributed by atoms with E-state index in [-0.39, 0.29) is 5.91 Å². The van der Waals surface area contributed by atoms with E-state index in [1.165, 1.54) is 5.56 Å². The van der Waals surface area contributed by atoms with Crippen LogP contribution < -0.4 is 10.1 Å². The highest BCUT2D eigenvalue weighted by Gasteiger charge is 2.20. The molecule has 0 saturated heterocycles. The van der Waals surface area contributed by atoms with Crippen LogP contribution in [0, 0.1) is 0 Å². The van der Waals surface area contributed by atoms with Gasteiger partial charge in [0.05, 0.1) is 0 Å². The van der Waals surface area contributed by atoms with Crippen molar-refractivity contribution in [3.63, 3.8) is 0 Å². The molecule has 1 amide bonds. The molecule has 0 bridgehead atoms. The van der Waals surface area contributed by atoms with Crippen LogP contribution in [0.15, 0.2) is 91.0 Å². The number of unbranched alkanes of at least 4 members (excludes halogenated alkanes) is 3. The second kappa shape index (κ2) is 14.5. The second-order valence-corrected chi connectivity index (χ2v) is 10.4. The van der Waals surface area contributed by atoms with Crippen LogP contribution in [-0.2, 0) is 11.2 Å². The van der Waals surface area contributed by atoms with Crippen LogP contribution in [0.3, 0.4) is 0 Å². The van der Waals surface area contributed by atoms with Crippen LogP contribution in [0.1, 0.15) is 41.6 Å². The lowest BCUT2D eigenvalue weighted by atomic mass is 9.94. The minimum atomic E-state index is -1.11. The molecule has 5 nitrogen and oxygen atoms in total. The fourth-order valence-electron chi connectivity index (χ4n) is 4.55. The molecule has 0 aliphatic rings. The Morgan fingerprint density at radius 1 is 0.725 bits per heavy atom. The Balaban J connectivity index is 1.54. The topological polar surface area (TPSA) is 75.6 Å². The predicted octanol–water partition coefficient (Wildman–Crippen LogP) is 8.32. The third-order valence-corrected chi connectivity index (χ3v) is 6.95. The predicted molar refractivity (Wildman–Crippen MR) is 161 cm³/mol. The van der Waals surface area contributed by atoms with Crippen molar-refractivity contribution in [3.8, 4) is 28.0 Å². The third kappa shape index (κ3) is 8.35. The van der Waals surface area contributed by atoms with Crippen molar-refractivity contribution >= 4 is 35.1 Å². The second-order valence-electron chi connectivity index (χ2n) is 9.51. The number of amides is 1. The maximum atomic E-state index is 13.3. The highest BCUT2D eigenvalue weighted by molar-refractivity contribution is 6.31. The van der Waals surface area contributed by atoms with Crippen molar-refractivity contribution < 1.29 is 19.4 Å². The molecule has 0 atom stereocenters. The highest BCUT2D eigenvalue weighted by Crippen LogP contribution is 2.41. The van der Waals surface area contributed by atoms with Gasteiger partial charge in [-0.15, -0.1) is 0 Å². The summed E-state index contributed by atoms with van der Waals surface area (Å²) in [6.45, 7) is 0.0113. The van der Waals surface area contributed by atoms with E-state index in [4.69, 9.17) is 27.9 Å². The van der Waals surface area contributed by atoms with Crippen molar-refractivity contribution in [3.05, 3.63) is 112 Å². The number of aryl methyl sites for hydroxylation is 1. The summed E-state index contributed by atoms with van der Waals surface area (Å²) in [5.41, 5.74) is 4.29. The first-order valence-corrected chi connectivity index (χ1v) is 14.0. The Morgan fingerprint density at radius 3 is 1.90 bits per heavy atom. The molecule has 0 unspecified atom stereocenters. The first kappa shape index (κ1) is 29.2. The van der Waals surface area contributed by atoms with Gasteiger partial charge in [0, 0.05) is 33.3 Å². The number of benzene rings is 4. The van der Waals surface area contributed by atoms with Gasteiger partial charge in [-0.05, 0) is 72.4 Å². The zero-order valence-electron chi connectivity index (χ0n) is 22.0. The van der Waals surface area contributed by atoms with Crippen LogP contribution in [-0.4, -0.2) is 30.1 Å². The summed E-state index contributed by atoms with van der Waals surface area (Å²) in [5, 5.41) is 13.4. The molecule has 2 N–H and O–H groups in total. The molecule has 0 aliphatic carbocycles. The lowest BCUT2D eigenvalue weighted by Crippen LogP contribution is -2.24. The third-order valence-electron chi connectivity index (χ3n) is 6.48. The van der Waals surface area contributed by atoms with Crippen LogP contribution in [0.25, 0.3) is 22.3 Å². The number of ether oxygens (including phenoxy) is 1. The first-order valence-electron chi connectivity index (χ1n) is 13.3. The number of rotatable bonds is 13. The van der Waals surface area contributed by atoms with Gasteiger partial charge < -0.3 is 15.2 Å². The molecule has 0 fully saturated rings. The number of hydrogen-bond acceptors (Lipinski definition) is 3. The van der Waals surface area contributed by atoms with Gasteiger partial charge in [0.1, 0.15) is 5.75 Å². The van der Waals surface area contributed by atoms with Crippen LogP contribution >= 0.6 is 23.2 Å². The molecular formula is C33H31Cl2NO4. The van der Waals surface area contributed by atoms with Crippen molar-refractivity contribution in [1.29, 1.82) is 0 Å². The van der Waals surface area contributed by atoms with E-state index in [0.717, 1.165) is 32.1 Å². The number of nitrogens with one attached hydrogen (secondary N) is 1. The van der Waals surface area contributed by atoms with Gasteiger partial charge in [-0.25, -0.2) is 4.79 Å². The molecule has 0 radical (unpaired) electrons. The summed E-state index contributed by atoms with van der Waals surface area (Å²) < 4.78 is 5.80. The molecule has 4 aromatic carbocycles. The Morgan fingerprint density at radius 2 is 1.32 bits per heavy atom. The number of carboxylic acid groups (broad SMARTS) is 1. The molecule has 7 heteroatoms. The molecule has 4 rings (SSSR count). The minimum Gasteiger partial charge on any atom is -0.481 e. The molecular weight excluding hydrogens is 545 g/mol. The molecule has 206 valence electrons. The van der Waals surface area contributed by atoms with E-state index < -0.39 is 12.6 Å². The zero-order chi connectivity index (χ0) is 28.3. The van der Waals surface area contributed by atoms with Crippen molar-refractivity contribution in [2.75, 3.05) is 13.2 Å². The maximum Gasteiger partial charge on any atom is 0.341 e. The highest BCUT2D eigenvalue weighted by atomic mass is 35.5. The lowest BCUT2D eigenvalue weighted by molar-refractivity contribution is -0.139. The van der Waals surface area contributed by atoms with E-state index >= 15 is 0 Å². The van der Waals surface area contributed by atoms with Crippen LogP contribution in [0.4, 0.5) is 0 Å². The average Bonchev–Trinajstić information content (AvgIpc) is 2.95. The van der Waals surface area contributed by atoms with E-state index in [0.29, 0.717) is 50.2 Å². The summed E-state index contributed by atoms with van der Waals surface area (Å²) in [4.78, 5) is 24.7. The van der Waals surface area contributed by atoms with E-state index in [9.17, 15) is 14.7 Å². The van der Waals surface area contributed by atoms with Gasteiger partial charge in [-0.2, -0.15) is 0 Å². The number of hydrogen-bond donors (Lipinski definition) is 2. The summed E-state index contributed by atoms with van der Waals surface area (Å²) in [5.74, 6) is -0.998. The summed E-state index contributed by atoms with van der Waals surface area (Å²) in [6.07, 6.45) is 5.17. The lowest BCUT2D eigenvalue weighted by Gasteiger charge is -2.18. The molecule has 0 heterocycles. The Labute approximate surface area is 244 Å². The Hall–Kier alpha value is -3.80. The standard InChI is InChI=1S/C33H31Cl2NO4/c34-27-15-8-13-24(18-27)29-20-26(33(39)36-17-7-2-1-4-10-23-11-5-3-6-12-23)21-30(32(29)40-22-31(37)38)25-14-9-16-28(35)19-25/h3,5-6,8-9,11-16,18-21H,1-2,4,7,10,17,22H2,(H,36,39)(H,37,38). The smallest absolute Gasteiger partial charge is 0.341 e. The number of carbonyl (C=O) groups is 2. The minimum absolute atomic E-state index is 0.222. The summed E-state index contributed by atoms with van der Waals surface area (Å²) in [7, 11) is 0. The fraction of sp³-hybridized carbons (Fsp3) is 0.212. The van der Waals surface area contributed by atoms with Crippen molar-refractivity contribution in [2.45, 2.75) is 32.1 Å². The van der Waals surface area contributed by atoms with Crippen LogP contribution in [0.2, 0.25) is 10.0 Å². The normalized spacial score (nSPS) is 10.8. The largest absolute Gasteiger partial charge is 0.481 e. The Kier molecular flexibility index (Phi) is 10.6.